The number of nitrogens with one attached hydrogen (secondary N) is 3. The van der Waals surface area contributed by atoms with Crippen LogP contribution in [0.5, 0.6) is 0 Å². The van der Waals surface area contributed by atoms with E-state index in [9.17, 15) is 9.59 Å². The van der Waals surface area contributed by atoms with E-state index >= 15 is 0 Å². The second kappa shape index (κ2) is 7.83. The van der Waals surface area contributed by atoms with Gasteiger partial charge in [-0.1, -0.05) is 18.2 Å². The van der Waals surface area contributed by atoms with Crippen molar-refractivity contribution in [2.75, 3.05) is 5.32 Å². The number of benzene rings is 2. The normalized spacial score (nSPS) is 12.2. The first kappa shape index (κ1) is 18.8. The SMILES string of the molecule is CCn1ccc2cc(NC(=O)C(Cc3c[nH]c4ccccc34)NC(C)=O)ccc21. The number of amides is 2. The Morgan fingerprint density at radius 2 is 1.97 bits per heavy atom. The molecule has 2 heterocycles. The number of hydrogen-bond acceptors (Lipinski definition) is 2. The predicted molar refractivity (Wildman–Crippen MR) is 116 cm³/mol. The molecule has 0 aliphatic heterocycles. The Labute approximate surface area is 168 Å². The van der Waals surface area contributed by atoms with Gasteiger partial charge in [-0.15, -0.1) is 0 Å². The molecule has 4 aromatic rings. The van der Waals surface area contributed by atoms with Crippen molar-refractivity contribution in [2.45, 2.75) is 32.9 Å². The average Bonchev–Trinajstić information content (AvgIpc) is 3.30. The van der Waals surface area contributed by atoms with Gasteiger partial charge in [0.05, 0.1) is 0 Å². The van der Waals surface area contributed by atoms with E-state index in [-0.39, 0.29) is 11.8 Å². The fourth-order valence-electron chi connectivity index (χ4n) is 3.76. The van der Waals surface area contributed by atoms with Gasteiger partial charge in [0.25, 0.3) is 0 Å². The molecule has 1 unspecified atom stereocenters. The van der Waals surface area contributed by atoms with E-state index in [1.54, 1.807) is 0 Å². The van der Waals surface area contributed by atoms with Crippen molar-refractivity contribution in [2.24, 2.45) is 0 Å². The molecular formula is C23H24N4O2. The molecule has 2 aromatic heterocycles. The van der Waals surface area contributed by atoms with Crippen molar-refractivity contribution in [1.29, 1.82) is 0 Å². The van der Waals surface area contributed by atoms with Crippen LogP contribution >= 0.6 is 0 Å². The molecule has 0 bridgehead atoms. The monoisotopic (exact) mass is 388 g/mol. The minimum atomic E-state index is -0.664. The molecule has 6 heteroatoms. The van der Waals surface area contributed by atoms with Crippen LogP contribution in [0.2, 0.25) is 0 Å². The van der Waals surface area contributed by atoms with Crippen LogP contribution in [-0.2, 0) is 22.6 Å². The fourth-order valence-corrected chi connectivity index (χ4v) is 3.76. The summed E-state index contributed by atoms with van der Waals surface area (Å²) < 4.78 is 2.15. The summed E-state index contributed by atoms with van der Waals surface area (Å²) in [5, 5.41) is 7.86. The van der Waals surface area contributed by atoms with E-state index in [1.807, 2.05) is 60.9 Å². The fraction of sp³-hybridized carbons (Fsp3) is 0.217. The molecule has 0 aliphatic carbocycles. The van der Waals surface area contributed by atoms with Gasteiger partial charge in [0.15, 0.2) is 0 Å². The molecule has 6 nitrogen and oxygen atoms in total. The second-order valence-corrected chi connectivity index (χ2v) is 7.18. The van der Waals surface area contributed by atoms with Crippen LogP contribution in [0.15, 0.2) is 60.9 Å². The number of carbonyl (C=O) groups excluding carboxylic acids is 2. The van der Waals surface area contributed by atoms with Gasteiger partial charge >= 0.3 is 0 Å². The smallest absolute Gasteiger partial charge is 0.247 e. The van der Waals surface area contributed by atoms with E-state index in [2.05, 4.69) is 27.1 Å². The lowest BCUT2D eigenvalue weighted by Crippen LogP contribution is -2.44. The molecule has 0 radical (unpaired) electrons. The van der Waals surface area contributed by atoms with E-state index < -0.39 is 6.04 Å². The van der Waals surface area contributed by atoms with Crippen molar-refractivity contribution in [3.63, 3.8) is 0 Å². The quantitative estimate of drug-likeness (QED) is 0.469. The summed E-state index contributed by atoms with van der Waals surface area (Å²) in [6.45, 7) is 4.41. The van der Waals surface area contributed by atoms with Crippen molar-refractivity contribution >= 4 is 39.3 Å². The minimum Gasteiger partial charge on any atom is -0.361 e. The summed E-state index contributed by atoms with van der Waals surface area (Å²) in [6.07, 6.45) is 4.34. The molecule has 148 valence electrons. The van der Waals surface area contributed by atoms with Gasteiger partial charge in [-0.2, -0.15) is 0 Å². The van der Waals surface area contributed by atoms with Crippen LogP contribution in [-0.4, -0.2) is 27.4 Å². The number of H-pyrrole nitrogens is 1. The lowest BCUT2D eigenvalue weighted by Gasteiger charge is -2.17. The number of anilines is 1. The Morgan fingerprint density at radius 3 is 2.76 bits per heavy atom. The molecule has 0 spiro atoms. The Bertz CT molecular complexity index is 1190. The van der Waals surface area contributed by atoms with Crippen molar-refractivity contribution < 1.29 is 9.59 Å². The number of nitrogens with zero attached hydrogens (tertiary/aromatic N) is 1. The molecular weight excluding hydrogens is 364 g/mol. The van der Waals surface area contributed by atoms with Crippen LogP contribution in [0, 0.1) is 0 Å². The number of aromatic amines is 1. The molecule has 2 amide bonds. The summed E-state index contributed by atoms with van der Waals surface area (Å²) in [6, 6.07) is 15.1. The maximum atomic E-state index is 13.0. The second-order valence-electron chi connectivity index (χ2n) is 7.18. The molecule has 0 fully saturated rings. The van der Waals surface area contributed by atoms with Crippen LogP contribution in [0.3, 0.4) is 0 Å². The van der Waals surface area contributed by atoms with Gasteiger partial charge in [0.1, 0.15) is 6.04 Å². The zero-order chi connectivity index (χ0) is 20.4. The summed E-state index contributed by atoms with van der Waals surface area (Å²) in [4.78, 5) is 27.9. The van der Waals surface area contributed by atoms with Gasteiger partial charge in [-0.3, -0.25) is 9.59 Å². The van der Waals surface area contributed by atoms with Gasteiger partial charge in [-0.05, 0) is 42.8 Å². The average molecular weight is 388 g/mol. The third-order valence-corrected chi connectivity index (χ3v) is 5.17. The first-order valence-corrected chi connectivity index (χ1v) is 9.77. The number of rotatable bonds is 6. The summed E-state index contributed by atoms with van der Waals surface area (Å²) >= 11 is 0. The van der Waals surface area contributed by atoms with E-state index in [1.165, 1.54) is 6.92 Å². The number of fused-ring (bicyclic) bond motifs is 2. The van der Waals surface area contributed by atoms with E-state index in [4.69, 9.17) is 0 Å². The van der Waals surface area contributed by atoms with Gasteiger partial charge in [0, 0.05) is 59.8 Å². The van der Waals surface area contributed by atoms with Crippen molar-refractivity contribution in [3.8, 4) is 0 Å². The van der Waals surface area contributed by atoms with Crippen molar-refractivity contribution in [1.82, 2.24) is 14.9 Å². The molecule has 0 aliphatic rings. The standard InChI is InChI=1S/C23H24N4O2/c1-3-27-11-10-16-12-18(8-9-22(16)27)26-23(29)21(25-15(2)28)13-17-14-24-20-7-5-4-6-19(17)20/h4-12,14,21,24H,3,13H2,1-2H3,(H,25,28)(H,26,29). The Morgan fingerprint density at radius 1 is 1.14 bits per heavy atom. The van der Waals surface area contributed by atoms with E-state index in [0.29, 0.717) is 12.1 Å². The largest absolute Gasteiger partial charge is 0.361 e. The van der Waals surface area contributed by atoms with Crippen molar-refractivity contribution in [3.05, 3.63) is 66.5 Å². The lowest BCUT2D eigenvalue weighted by atomic mass is 10.0. The Hall–Kier alpha value is -3.54. The Kier molecular flexibility index (Phi) is 5.08. The van der Waals surface area contributed by atoms with Gasteiger partial charge in [-0.25, -0.2) is 0 Å². The molecule has 1 atom stereocenters. The number of para-hydroxylation sites is 1. The third-order valence-electron chi connectivity index (χ3n) is 5.17. The maximum Gasteiger partial charge on any atom is 0.247 e. The highest BCUT2D eigenvalue weighted by Crippen LogP contribution is 2.22. The number of aryl methyl sites for hydroxylation is 1. The minimum absolute atomic E-state index is 0.236. The number of hydrogen-bond donors (Lipinski definition) is 3. The first-order valence-electron chi connectivity index (χ1n) is 9.77. The Balaban J connectivity index is 1.56. The van der Waals surface area contributed by atoms with Crippen LogP contribution < -0.4 is 10.6 Å². The maximum absolute atomic E-state index is 13.0. The van der Waals surface area contributed by atoms with Gasteiger partial charge < -0.3 is 20.2 Å². The first-order chi connectivity index (χ1) is 14.0. The molecule has 2 aromatic carbocycles. The van der Waals surface area contributed by atoms with Gasteiger partial charge in [0.2, 0.25) is 11.8 Å². The molecule has 29 heavy (non-hydrogen) atoms. The van der Waals surface area contributed by atoms with E-state index in [0.717, 1.165) is 33.9 Å². The van der Waals surface area contributed by atoms with Crippen LogP contribution in [0.1, 0.15) is 19.4 Å². The van der Waals surface area contributed by atoms with Crippen LogP contribution in [0.4, 0.5) is 5.69 Å². The highest BCUT2D eigenvalue weighted by atomic mass is 16.2. The third kappa shape index (κ3) is 3.87. The highest BCUT2D eigenvalue weighted by molar-refractivity contribution is 5.99. The summed E-state index contributed by atoms with van der Waals surface area (Å²) in [7, 11) is 0. The summed E-state index contributed by atoms with van der Waals surface area (Å²) in [5.41, 5.74) is 3.84. The summed E-state index contributed by atoms with van der Waals surface area (Å²) in [5.74, 6) is -0.472. The zero-order valence-corrected chi connectivity index (χ0v) is 16.5. The zero-order valence-electron chi connectivity index (χ0n) is 16.5. The molecule has 0 saturated heterocycles. The number of aromatic nitrogens is 2. The topological polar surface area (TPSA) is 78.9 Å². The van der Waals surface area contributed by atoms with Crippen LogP contribution in [0.25, 0.3) is 21.8 Å². The molecule has 0 saturated carbocycles. The molecule has 4 rings (SSSR count). The predicted octanol–water partition coefficient (Wildman–Crippen LogP) is 3.83. The molecule has 3 N–H and O–H groups in total. The lowest BCUT2D eigenvalue weighted by molar-refractivity contribution is -0.125. The highest BCUT2D eigenvalue weighted by Gasteiger charge is 2.21. The number of carbonyl (C=O) groups is 2.